The summed E-state index contributed by atoms with van der Waals surface area (Å²) in [5.74, 6) is 2.43. The maximum atomic E-state index is 13.6. The van der Waals surface area contributed by atoms with E-state index in [0.717, 1.165) is 22.3 Å². The maximum absolute atomic E-state index is 13.6. The summed E-state index contributed by atoms with van der Waals surface area (Å²) < 4.78 is 24.5. The number of ether oxygens (including phenoxy) is 4. The van der Waals surface area contributed by atoms with Crippen LogP contribution in [0, 0.1) is 12.3 Å². The average Bonchev–Trinajstić information content (AvgIpc) is 3.01. The Morgan fingerprint density at radius 3 is 1.43 bits per heavy atom. The van der Waals surface area contributed by atoms with E-state index in [2.05, 4.69) is 5.92 Å². The Kier molecular flexibility index (Phi) is 11.7. The van der Waals surface area contributed by atoms with Gasteiger partial charge in [0.15, 0.2) is 5.78 Å². The second kappa shape index (κ2) is 16.1. The van der Waals surface area contributed by atoms with E-state index in [4.69, 9.17) is 25.4 Å². The monoisotopic (exact) mass is 534 g/mol. The van der Waals surface area contributed by atoms with Crippen molar-refractivity contribution in [2.75, 3.05) is 6.61 Å². The smallest absolute Gasteiger partial charge is 0.189 e. The number of ketones is 1. The minimum absolute atomic E-state index is 0.157. The molecule has 4 aromatic rings. The third kappa shape index (κ3) is 9.30. The summed E-state index contributed by atoms with van der Waals surface area (Å²) in [7, 11) is 0. The van der Waals surface area contributed by atoms with E-state index in [1.54, 1.807) is 0 Å². The van der Waals surface area contributed by atoms with Crippen LogP contribution in [0.2, 0.25) is 0 Å². The molecule has 40 heavy (non-hydrogen) atoms. The lowest BCUT2D eigenvalue weighted by Gasteiger charge is -2.30. The Bertz CT molecular complexity index is 1300. The summed E-state index contributed by atoms with van der Waals surface area (Å²) in [5.41, 5.74) is 3.81. The molecule has 0 aliphatic carbocycles. The van der Waals surface area contributed by atoms with Gasteiger partial charge in [0.25, 0.3) is 0 Å². The van der Waals surface area contributed by atoms with Crippen molar-refractivity contribution in [3.8, 4) is 12.3 Å². The molecule has 0 bridgehead atoms. The zero-order valence-electron chi connectivity index (χ0n) is 22.4. The van der Waals surface area contributed by atoms with Gasteiger partial charge < -0.3 is 18.9 Å². The van der Waals surface area contributed by atoms with E-state index in [1.807, 2.05) is 121 Å². The van der Waals surface area contributed by atoms with Gasteiger partial charge in [0.2, 0.25) is 0 Å². The highest BCUT2D eigenvalue weighted by Crippen LogP contribution is 2.20. The van der Waals surface area contributed by atoms with Crippen molar-refractivity contribution in [2.45, 2.75) is 44.7 Å². The first kappa shape index (κ1) is 28.9. The molecular weight excluding hydrogens is 500 g/mol. The van der Waals surface area contributed by atoms with Crippen LogP contribution < -0.4 is 0 Å². The summed E-state index contributed by atoms with van der Waals surface area (Å²) >= 11 is 0. The highest BCUT2D eigenvalue weighted by molar-refractivity contribution is 5.85. The van der Waals surface area contributed by atoms with E-state index >= 15 is 0 Å². The minimum atomic E-state index is -1.02. The SMILES string of the molecule is C#C[C@@H](OCc1ccccc1)[C@@H](OCc1ccccc1)[C@H](OCc1ccccc1)C(=O)COCc1ccccc1. The van der Waals surface area contributed by atoms with Crippen LogP contribution in [0.15, 0.2) is 121 Å². The van der Waals surface area contributed by atoms with Crippen molar-refractivity contribution in [3.63, 3.8) is 0 Å². The van der Waals surface area contributed by atoms with Gasteiger partial charge in [0.05, 0.1) is 26.4 Å². The molecule has 0 fully saturated rings. The molecule has 3 atom stereocenters. The van der Waals surface area contributed by atoms with Gasteiger partial charge in [-0.15, -0.1) is 6.42 Å². The Labute approximate surface area is 236 Å². The largest absolute Gasteiger partial charge is 0.369 e. The molecule has 0 saturated carbocycles. The molecule has 0 aliphatic heterocycles. The lowest BCUT2D eigenvalue weighted by atomic mass is 10.0. The van der Waals surface area contributed by atoms with Gasteiger partial charge in [-0.05, 0) is 22.3 Å². The Morgan fingerprint density at radius 2 is 0.975 bits per heavy atom. The van der Waals surface area contributed by atoms with Gasteiger partial charge in [-0.25, -0.2) is 0 Å². The van der Waals surface area contributed by atoms with Crippen LogP contribution >= 0.6 is 0 Å². The van der Waals surface area contributed by atoms with Crippen molar-refractivity contribution in [2.24, 2.45) is 0 Å². The number of terminal acetylenes is 1. The van der Waals surface area contributed by atoms with Crippen molar-refractivity contribution in [1.82, 2.24) is 0 Å². The zero-order chi connectivity index (χ0) is 27.8. The van der Waals surface area contributed by atoms with E-state index in [9.17, 15) is 4.79 Å². The van der Waals surface area contributed by atoms with E-state index in [-0.39, 0.29) is 32.2 Å². The topological polar surface area (TPSA) is 54.0 Å². The average molecular weight is 535 g/mol. The molecule has 4 aromatic carbocycles. The Morgan fingerprint density at radius 1 is 0.575 bits per heavy atom. The van der Waals surface area contributed by atoms with Crippen LogP contribution in [0.25, 0.3) is 0 Å². The van der Waals surface area contributed by atoms with Crippen molar-refractivity contribution in [1.29, 1.82) is 0 Å². The second-order valence-electron chi connectivity index (χ2n) is 9.31. The van der Waals surface area contributed by atoms with E-state index < -0.39 is 18.3 Å². The van der Waals surface area contributed by atoms with Gasteiger partial charge in [0.1, 0.15) is 24.9 Å². The molecule has 5 heteroatoms. The number of benzene rings is 4. The third-order valence-electron chi connectivity index (χ3n) is 6.26. The molecule has 0 unspecified atom stereocenters. The fourth-order valence-electron chi connectivity index (χ4n) is 4.16. The summed E-state index contributed by atoms with van der Waals surface area (Å²) in [6.07, 6.45) is 3.24. The molecule has 0 spiro atoms. The molecule has 0 N–H and O–H groups in total. The van der Waals surface area contributed by atoms with Crippen LogP contribution in [0.5, 0.6) is 0 Å². The number of carbonyl (C=O) groups excluding carboxylic acids is 1. The molecule has 0 radical (unpaired) electrons. The Hall–Kier alpha value is -4.05. The number of hydrogen-bond donors (Lipinski definition) is 0. The third-order valence-corrected chi connectivity index (χ3v) is 6.26. The summed E-state index contributed by atoms with van der Waals surface area (Å²) in [6.45, 7) is 0.857. The van der Waals surface area contributed by atoms with Gasteiger partial charge >= 0.3 is 0 Å². The van der Waals surface area contributed by atoms with Crippen molar-refractivity contribution < 1.29 is 23.7 Å². The molecule has 4 rings (SSSR count). The summed E-state index contributed by atoms with van der Waals surface area (Å²) in [4.78, 5) is 13.6. The molecule has 0 saturated heterocycles. The zero-order valence-corrected chi connectivity index (χ0v) is 22.4. The van der Waals surface area contributed by atoms with E-state index in [0.29, 0.717) is 6.61 Å². The van der Waals surface area contributed by atoms with Crippen LogP contribution in [0.4, 0.5) is 0 Å². The van der Waals surface area contributed by atoms with Crippen LogP contribution in [-0.4, -0.2) is 30.7 Å². The van der Waals surface area contributed by atoms with Gasteiger partial charge in [-0.1, -0.05) is 127 Å². The number of Topliss-reactive ketones (excluding diaryl/α,β-unsaturated/α-hetero) is 1. The second-order valence-corrected chi connectivity index (χ2v) is 9.31. The summed E-state index contributed by atoms with van der Waals surface area (Å²) in [5, 5.41) is 0. The quantitative estimate of drug-likeness (QED) is 0.161. The summed E-state index contributed by atoms with van der Waals surface area (Å²) in [6, 6.07) is 38.8. The molecule has 0 aromatic heterocycles. The number of carbonyl (C=O) groups is 1. The first-order chi connectivity index (χ1) is 19.7. The molecule has 0 amide bonds. The number of hydrogen-bond acceptors (Lipinski definition) is 5. The van der Waals surface area contributed by atoms with Crippen LogP contribution in [0.1, 0.15) is 22.3 Å². The van der Waals surface area contributed by atoms with Crippen molar-refractivity contribution >= 4 is 5.78 Å². The molecule has 0 heterocycles. The highest BCUT2D eigenvalue weighted by Gasteiger charge is 2.36. The predicted octanol–water partition coefficient (Wildman–Crippen LogP) is 6.16. The predicted molar refractivity (Wildman–Crippen MR) is 155 cm³/mol. The fourth-order valence-corrected chi connectivity index (χ4v) is 4.16. The standard InChI is InChI=1S/C35H34O5/c1-2-33(38-24-29-17-9-4-10-18-29)35(40-26-31-21-13-6-14-22-31)34(39-25-30-19-11-5-12-20-30)32(36)27-37-23-28-15-7-3-8-16-28/h1,3-22,33-35H,23-27H2/t33-,34-,35-/m1/s1. The number of rotatable bonds is 16. The Balaban J connectivity index is 1.54. The fraction of sp³-hybridized carbons (Fsp3) is 0.229. The highest BCUT2D eigenvalue weighted by atomic mass is 16.6. The minimum Gasteiger partial charge on any atom is -0.369 e. The van der Waals surface area contributed by atoms with Crippen LogP contribution in [-0.2, 0) is 50.2 Å². The van der Waals surface area contributed by atoms with Crippen molar-refractivity contribution in [3.05, 3.63) is 144 Å². The molecule has 0 aliphatic rings. The first-order valence-corrected chi connectivity index (χ1v) is 13.3. The molecule has 5 nitrogen and oxygen atoms in total. The molecular formula is C35H34O5. The lowest BCUT2D eigenvalue weighted by molar-refractivity contribution is -0.163. The maximum Gasteiger partial charge on any atom is 0.189 e. The van der Waals surface area contributed by atoms with Crippen LogP contribution in [0.3, 0.4) is 0 Å². The normalized spacial score (nSPS) is 13.2. The lowest BCUT2D eigenvalue weighted by Crippen LogP contribution is -2.47. The first-order valence-electron chi connectivity index (χ1n) is 13.3. The van der Waals surface area contributed by atoms with Gasteiger partial charge in [-0.2, -0.15) is 0 Å². The molecule has 204 valence electrons. The van der Waals surface area contributed by atoms with Gasteiger partial charge in [-0.3, -0.25) is 4.79 Å². The van der Waals surface area contributed by atoms with E-state index in [1.165, 1.54) is 0 Å². The van der Waals surface area contributed by atoms with Gasteiger partial charge in [0, 0.05) is 0 Å².